The monoisotopic (exact) mass is 215 g/mol. The van der Waals surface area contributed by atoms with Crippen LogP contribution in [0.25, 0.3) is 0 Å². The van der Waals surface area contributed by atoms with E-state index in [0.717, 1.165) is 6.26 Å². The molecule has 3 N–H and O–H groups in total. The lowest BCUT2D eigenvalue weighted by Gasteiger charge is -1.87. The van der Waals surface area contributed by atoms with E-state index in [2.05, 4.69) is 17.7 Å². The summed E-state index contributed by atoms with van der Waals surface area (Å²) < 4.78 is 22.9. The Morgan fingerprint density at radius 2 is 1.75 bits per heavy atom. The molecular weight excluding hydrogens is 206 g/mol. The van der Waals surface area contributed by atoms with Crippen LogP contribution in [0.4, 0.5) is 0 Å². The first-order valence-corrected chi connectivity index (χ1v) is 5.27. The minimum absolute atomic E-state index is 0.604. The van der Waals surface area contributed by atoms with Crippen molar-refractivity contribution in [3.8, 4) is 0 Å². The van der Waals surface area contributed by atoms with Gasteiger partial charge >= 0.3 is 15.9 Å². The summed E-state index contributed by atoms with van der Waals surface area (Å²) in [6.45, 7) is 5.90. The molecule has 0 aromatic rings. The van der Waals surface area contributed by atoms with Crippen molar-refractivity contribution in [1.29, 1.82) is 0 Å². The zero-order chi connectivity index (χ0) is 10.2. The molecule has 0 radical (unpaired) electrons. The summed E-state index contributed by atoms with van der Waals surface area (Å²) in [7, 11) is -6.35. The van der Waals surface area contributed by atoms with Crippen LogP contribution >= 0.6 is 15.9 Å². The first-order valence-electron chi connectivity index (χ1n) is 2.46. The molecule has 0 amide bonds. The van der Waals surface area contributed by atoms with E-state index in [1.165, 1.54) is 0 Å². The first-order chi connectivity index (χ1) is 5.33. The Balaban J connectivity index is 0. The molecule has 0 saturated heterocycles. The molecule has 0 heterocycles. The van der Waals surface area contributed by atoms with Crippen LogP contribution in [0.2, 0.25) is 0 Å². The van der Waals surface area contributed by atoms with Gasteiger partial charge in [-0.1, -0.05) is 13.2 Å². The van der Waals surface area contributed by atoms with Crippen molar-refractivity contribution in [2.24, 2.45) is 0 Å². The lowest BCUT2D eigenvalue weighted by Crippen LogP contribution is -1.63. The van der Waals surface area contributed by atoms with Crippen molar-refractivity contribution in [2.75, 3.05) is 0 Å². The predicted octanol–water partition coefficient (Wildman–Crippen LogP) is 1.10. The summed E-state index contributed by atoms with van der Waals surface area (Å²) >= 11 is 0. The second-order valence-electron chi connectivity index (χ2n) is 1.28. The summed E-state index contributed by atoms with van der Waals surface area (Å²) in [5.41, 5.74) is 0. The maximum atomic E-state index is 9.58. The van der Waals surface area contributed by atoms with E-state index in [4.69, 9.17) is 14.7 Å². The molecule has 0 aliphatic carbocycles. The highest BCUT2D eigenvalue weighted by molar-refractivity contribution is 7.55. The largest absolute Gasteiger partial charge is 0.746 e. The van der Waals surface area contributed by atoms with Gasteiger partial charge in [0.15, 0.2) is 0 Å². The van der Waals surface area contributed by atoms with Crippen molar-refractivity contribution >= 4 is 15.9 Å². The Hall–Kier alpha value is -0.510. The minimum atomic E-state index is -3.88. The van der Waals surface area contributed by atoms with E-state index in [9.17, 15) is 9.13 Å². The second-order valence-corrected chi connectivity index (χ2v) is 3.51. The summed E-state index contributed by atoms with van der Waals surface area (Å²) in [5, 5.41) is 0. The molecule has 0 saturated carbocycles. The van der Waals surface area contributed by atoms with E-state index in [1.807, 2.05) is 0 Å². The zero-order valence-electron chi connectivity index (χ0n) is 6.03. The molecule has 6 nitrogen and oxygen atoms in total. The maximum absolute atomic E-state index is 9.58. The van der Waals surface area contributed by atoms with Crippen molar-refractivity contribution < 1.29 is 28.3 Å². The Morgan fingerprint density at radius 1 is 1.42 bits per heavy atom. The molecule has 8 heteroatoms. The molecular formula is C4H9O6P2+. The third-order valence-corrected chi connectivity index (χ3v) is 1.21. The molecule has 0 aliphatic rings. The lowest BCUT2D eigenvalue weighted by molar-refractivity contribution is 0.378. The predicted molar refractivity (Wildman–Crippen MR) is 43.3 cm³/mol. The number of hydrogen-bond donors (Lipinski definition) is 3. The number of hydrogen-bond acceptors (Lipinski definition) is 3. The highest BCUT2D eigenvalue weighted by Crippen LogP contribution is 2.34. The molecule has 0 aromatic heterocycles. The van der Waals surface area contributed by atoms with E-state index in [-0.39, 0.29) is 0 Å². The van der Waals surface area contributed by atoms with Gasteiger partial charge < -0.3 is 9.79 Å². The fraction of sp³-hybridized carbons (Fsp3) is 0. The molecule has 0 fully saturated rings. The second kappa shape index (κ2) is 7.16. The van der Waals surface area contributed by atoms with Gasteiger partial charge in [0, 0.05) is 10.4 Å². The average Bonchev–Trinajstić information content (AvgIpc) is 1.87. The molecule has 70 valence electrons. The molecule has 0 spiro atoms. The van der Waals surface area contributed by atoms with Crippen LogP contribution in [-0.2, 0) is 13.7 Å². The van der Waals surface area contributed by atoms with Gasteiger partial charge in [-0.3, -0.25) is 4.57 Å². The lowest BCUT2D eigenvalue weighted by atomic mass is 11.2. The van der Waals surface area contributed by atoms with Crippen LogP contribution < -0.4 is 0 Å². The summed E-state index contributed by atoms with van der Waals surface area (Å²) in [6, 6.07) is 0. The van der Waals surface area contributed by atoms with Gasteiger partial charge in [0.2, 0.25) is 0 Å². The molecule has 0 aromatic carbocycles. The molecule has 0 rings (SSSR count). The topological polar surface area (TPSA) is 104 Å². The van der Waals surface area contributed by atoms with Gasteiger partial charge in [-0.2, -0.15) is 0 Å². The Bertz CT molecular complexity index is 206. The van der Waals surface area contributed by atoms with Crippen LogP contribution in [0.1, 0.15) is 0 Å². The van der Waals surface area contributed by atoms with E-state index < -0.39 is 15.9 Å². The smallest absolute Gasteiger partial charge is 0.321 e. The van der Waals surface area contributed by atoms with E-state index in [0.29, 0.717) is 5.82 Å². The third kappa shape index (κ3) is 22.7. The first kappa shape index (κ1) is 14.0. The standard InChI is InChI=1S/C2H5O3P.C2H3O3P/c1-2-6(3,4)5;1-2-5-6(3)4/h2H,1H2,(H2,3,4,5);2H,1H2/p+1. The van der Waals surface area contributed by atoms with Gasteiger partial charge in [0.1, 0.15) is 6.26 Å². The highest BCUT2D eigenvalue weighted by atomic mass is 31.2. The van der Waals surface area contributed by atoms with Crippen molar-refractivity contribution in [1.82, 2.24) is 0 Å². The van der Waals surface area contributed by atoms with E-state index >= 15 is 0 Å². The Morgan fingerprint density at radius 3 is 1.75 bits per heavy atom. The van der Waals surface area contributed by atoms with Crippen LogP contribution in [0, 0.1) is 0 Å². The van der Waals surface area contributed by atoms with Crippen molar-refractivity contribution in [3.63, 3.8) is 0 Å². The van der Waals surface area contributed by atoms with Crippen LogP contribution in [0.5, 0.6) is 0 Å². The van der Waals surface area contributed by atoms with Crippen molar-refractivity contribution in [3.05, 3.63) is 25.2 Å². The summed E-state index contributed by atoms with van der Waals surface area (Å²) in [6.07, 6.45) is 0.915. The Kier molecular flexibility index (Phi) is 8.37. The molecule has 12 heavy (non-hydrogen) atoms. The quantitative estimate of drug-likeness (QED) is 0.481. The normalized spacial score (nSPS) is 10.4. The van der Waals surface area contributed by atoms with Gasteiger partial charge in [-0.05, 0) is 0 Å². The summed E-state index contributed by atoms with van der Waals surface area (Å²) in [4.78, 5) is 23.4. The molecule has 1 atom stereocenters. The van der Waals surface area contributed by atoms with Crippen LogP contribution in [-0.4, -0.2) is 14.7 Å². The van der Waals surface area contributed by atoms with Gasteiger partial charge in [-0.15, -0.1) is 4.89 Å². The van der Waals surface area contributed by atoms with Crippen LogP contribution in [0.15, 0.2) is 25.2 Å². The fourth-order valence-corrected chi connectivity index (χ4v) is 0.191. The average molecular weight is 215 g/mol. The number of rotatable bonds is 3. The fourth-order valence-electron chi connectivity index (χ4n) is 0.0638. The maximum Gasteiger partial charge on any atom is 0.746 e. The SMILES string of the molecule is C=CO[P+](=O)O.C=CP(=O)(O)O. The zero-order valence-corrected chi connectivity index (χ0v) is 7.82. The molecule has 0 bridgehead atoms. The molecule has 1 unspecified atom stereocenters. The van der Waals surface area contributed by atoms with Crippen LogP contribution in [0.3, 0.4) is 0 Å². The summed E-state index contributed by atoms with van der Waals surface area (Å²) in [5.74, 6) is 0.604. The van der Waals surface area contributed by atoms with Gasteiger partial charge in [-0.25, -0.2) is 4.52 Å². The highest BCUT2D eigenvalue weighted by Gasteiger charge is 2.05. The van der Waals surface area contributed by atoms with Gasteiger partial charge in [0.05, 0.1) is 0 Å². The van der Waals surface area contributed by atoms with Crippen molar-refractivity contribution in [2.45, 2.75) is 0 Å². The van der Waals surface area contributed by atoms with Gasteiger partial charge in [0.25, 0.3) is 0 Å². The van der Waals surface area contributed by atoms with E-state index in [1.54, 1.807) is 0 Å². The molecule has 0 aliphatic heterocycles. The third-order valence-electron chi connectivity index (χ3n) is 0.403. The minimum Gasteiger partial charge on any atom is -0.321 e. The Labute approximate surface area is 70.3 Å².